The Morgan fingerprint density at radius 2 is 1.69 bits per heavy atom. The third-order valence-electron chi connectivity index (χ3n) is 2.51. The molecule has 16 heavy (non-hydrogen) atoms. The Hall–Kier alpha value is -1.10. The van der Waals surface area contributed by atoms with E-state index in [1.807, 2.05) is 0 Å². The van der Waals surface area contributed by atoms with Crippen molar-refractivity contribution in [3.8, 4) is 0 Å². The zero-order chi connectivity index (χ0) is 13.1. The van der Waals surface area contributed by atoms with Gasteiger partial charge in [0.25, 0.3) is 0 Å². The Morgan fingerprint density at radius 1 is 1.25 bits per heavy atom. The second-order valence-corrected chi connectivity index (χ2v) is 5.70. The number of carboxylic acids is 1. The van der Waals surface area contributed by atoms with Gasteiger partial charge in [-0.05, 0) is 19.3 Å². The fourth-order valence-electron chi connectivity index (χ4n) is 1.07. The van der Waals surface area contributed by atoms with Gasteiger partial charge in [-0.15, -0.1) is 0 Å². The Morgan fingerprint density at radius 3 is 1.94 bits per heavy atom. The van der Waals surface area contributed by atoms with Gasteiger partial charge in [0.05, 0.1) is 5.41 Å². The third kappa shape index (κ3) is 3.81. The molecule has 0 bridgehead atoms. The van der Waals surface area contributed by atoms with Crippen molar-refractivity contribution in [3.05, 3.63) is 0 Å². The summed E-state index contributed by atoms with van der Waals surface area (Å²) >= 11 is 0. The van der Waals surface area contributed by atoms with E-state index in [0.29, 0.717) is 0 Å². The maximum absolute atomic E-state index is 11.8. The molecule has 0 rings (SSSR count). The van der Waals surface area contributed by atoms with E-state index in [-0.39, 0.29) is 12.5 Å². The van der Waals surface area contributed by atoms with Crippen molar-refractivity contribution in [3.63, 3.8) is 0 Å². The van der Waals surface area contributed by atoms with E-state index in [4.69, 9.17) is 10.8 Å². The summed E-state index contributed by atoms with van der Waals surface area (Å²) in [7, 11) is 0. The van der Waals surface area contributed by atoms with Crippen LogP contribution in [0.5, 0.6) is 0 Å². The Balaban J connectivity index is 4.81. The van der Waals surface area contributed by atoms with Crippen LogP contribution >= 0.6 is 0 Å². The van der Waals surface area contributed by atoms with E-state index in [1.54, 1.807) is 34.6 Å². The first-order valence-corrected chi connectivity index (χ1v) is 5.26. The number of hydrogen-bond acceptors (Lipinski definition) is 3. The largest absolute Gasteiger partial charge is 0.480 e. The van der Waals surface area contributed by atoms with Crippen LogP contribution in [-0.2, 0) is 9.59 Å². The molecule has 0 unspecified atom stereocenters. The number of nitrogens with two attached hydrogens (primary N) is 1. The molecule has 1 atom stereocenters. The number of carbonyl (C=O) groups excluding carboxylic acids is 1. The zero-order valence-corrected chi connectivity index (χ0v) is 10.6. The van der Waals surface area contributed by atoms with Gasteiger partial charge >= 0.3 is 5.97 Å². The average Bonchev–Trinajstić information content (AvgIpc) is 2.11. The normalized spacial score (nSPS) is 14.4. The molecule has 0 saturated heterocycles. The summed E-state index contributed by atoms with van der Waals surface area (Å²) in [5, 5.41) is 11.6. The van der Waals surface area contributed by atoms with E-state index in [9.17, 15) is 9.59 Å². The Bertz CT molecular complexity index is 279. The topological polar surface area (TPSA) is 92.4 Å². The molecule has 5 heteroatoms. The van der Waals surface area contributed by atoms with Gasteiger partial charge in [-0.25, -0.2) is 4.79 Å². The molecule has 94 valence electrons. The van der Waals surface area contributed by atoms with E-state index in [2.05, 4.69) is 5.32 Å². The van der Waals surface area contributed by atoms with Gasteiger partial charge in [-0.1, -0.05) is 20.8 Å². The summed E-state index contributed by atoms with van der Waals surface area (Å²) in [5.74, 6) is -1.37. The second kappa shape index (κ2) is 4.82. The van der Waals surface area contributed by atoms with Gasteiger partial charge in [0.2, 0.25) is 5.91 Å². The molecule has 0 aromatic heterocycles. The van der Waals surface area contributed by atoms with Gasteiger partial charge in [-0.3, -0.25) is 4.79 Å². The van der Waals surface area contributed by atoms with E-state index in [1.165, 1.54) is 0 Å². The molecule has 0 spiro atoms. The van der Waals surface area contributed by atoms with Crippen molar-refractivity contribution in [2.75, 3.05) is 6.54 Å². The average molecular weight is 230 g/mol. The van der Waals surface area contributed by atoms with Gasteiger partial charge in [-0.2, -0.15) is 0 Å². The molecule has 1 amide bonds. The summed E-state index contributed by atoms with van der Waals surface area (Å²) in [4.78, 5) is 22.9. The van der Waals surface area contributed by atoms with Crippen LogP contribution in [0.15, 0.2) is 0 Å². The first-order valence-electron chi connectivity index (χ1n) is 5.26. The minimum atomic E-state index is -1.03. The van der Waals surface area contributed by atoms with Gasteiger partial charge in [0, 0.05) is 6.54 Å². The first-order chi connectivity index (χ1) is 7.02. The smallest absolute Gasteiger partial charge is 0.326 e. The van der Waals surface area contributed by atoms with Gasteiger partial charge in [0.15, 0.2) is 0 Å². The summed E-state index contributed by atoms with van der Waals surface area (Å²) < 4.78 is 0. The Labute approximate surface area is 96.4 Å². The molecule has 0 heterocycles. The van der Waals surface area contributed by atoms with Gasteiger partial charge in [0.1, 0.15) is 6.04 Å². The molecule has 5 nitrogen and oxygen atoms in total. The highest BCUT2D eigenvalue weighted by molar-refractivity contribution is 5.87. The molecular weight excluding hydrogens is 208 g/mol. The standard InChI is InChI=1S/C11H22N2O3/c1-10(2,3)7(8(14)15)13-9(16)11(4,5)6-12/h7H,6,12H2,1-5H3,(H,13,16)(H,14,15)/t7-/m1/s1. The summed E-state index contributed by atoms with van der Waals surface area (Å²) in [6, 6.07) is -0.911. The highest BCUT2D eigenvalue weighted by atomic mass is 16.4. The fraction of sp³-hybridized carbons (Fsp3) is 0.818. The quantitative estimate of drug-likeness (QED) is 0.659. The highest BCUT2D eigenvalue weighted by Crippen LogP contribution is 2.21. The van der Waals surface area contributed by atoms with Crippen LogP contribution in [0, 0.1) is 10.8 Å². The van der Waals surface area contributed by atoms with Crippen LogP contribution in [0.4, 0.5) is 0 Å². The highest BCUT2D eigenvalue weighted by Gasteiger charge is 2.36. The summed E-state index contributed by atoms with van der Waals surface area (Å²) in [6.45, 7) is 8.84. The summed E-state index contributed by atoms with van der Waals surface area (Å²) in [5.41, 5.74) is 4.17. The van der Waals surface area contributed by atoms with Crippen LogP contribution < -0.4 is 11.1 Å². The molecule has 0 radical (unpaired) electrons. The predicted octanol–water partition coefficient (Wildman–Crippen LogP) is 0.587. The molecule has 0 aliphatic heterocycles. The summed E-state index contributed by atoms with van der Waals surface area (Å²) in [6.07, 6.45) is 0. The monoisotopic (exact) mass is 230 g/mol. The lowest BCUT2D eigenvalue weighted by molar-refractivity contribution is -0.146. The number of amides is 1. The lowest BCUT2D eigenvalue weighted by Crippen LogP contribution is -2.53. The maximum atomic E-state index is 11.8. The zero-order valence-electron chi connectivity index (χ0n) is 10.6. The minimum absolute atomic E-state index is 0.176. The number of rotatable bonds is 4. The molecule has 0 aliphatic carbocycles. The van der Waals surface area contributed by atoms with Crippen LogP contribution in [0.2, 0.25) is 0 Å². The van der Waals surface area contributed by atoms with Crippen molar-refractivity contribution in [2.45, 2.75) is 40.7 Å². The van der Waals surface area contributed by atoms with Gasteiger partial charge < -0.3 is 16.2 Å². The number of carboxylic acid groups (broad SMARTS) is 1. The SMILES string of the molecule is CC(C)(CN)C(=O)N[C@H](C(=O)O)C(C)(C)C. The number of nitrogens with one attached hydrogen (secondary N) is 1. The van der Waals surface area contributed by atoms with Crippen LogP contribution in [0.3, 0.4) is 0 Å². The molecule has 4 N–H and O–H groups in total. The first kappa shape index (κ1) is 14.9. The van der Waals surface area contributed by atoms with Crippen LogP contribution in [-0.4, -0.2) is 29.6 Å². The lowest BCUT2D eigenvalue weighted by atomic mass is 9.85. The van der Waals surface area contributed by atoms with Crippen LogP contribution in [0.25, 0.3) is 0 Å². The Kier molecular flexibility index (Phi) is 4.49. The molecule has 0 aromatic rings. The predicted molar refractivity (Wildman–Crippen MR) is 61.9 cm³/mol. The molecule has 0 aromatic carbocycles. The molecule has 0 aliphatic rings. The second-order valence-electron chi connectivity index (χ2n) is 5.70. The van der Waals surface area contributed by atoms with Crippen molar-refractivity contribution in [1.29, 1.82) is 0 Å². The third-order valence-corrected chi connectivity index (χ3v) is 2.51. The van der Waals surface area contributed by atoms with E-state index >= 15 is 0 Å². The van der Waals surface area contributed by atoms with E-state index < -0.39 is 22.8 Å². The molecule has 0 fully saturated rings. The van der Waals surface area contributed by atoms with E-state index in [0.717, 1.165) is 0 Å². The van der Waals surface area contributed by atoms with Crippen molar-refractivity contribution >= 4 is 11.9 Å². The number of hydrogen-bond donors (Lipinski definition) is 3. The molecule has 0 saturated carbocycles. The van der Waals surface area contributed by atoms with Crippen molar-refractivity contribution < 1.29 is 14.7 Å². The van der Waals surface area contributed by atoms with Crippen molar-refractivity contribution in [1.82, 2.24) is 5.32 Å². The van der Waals surface area contributed by atoms with Crippen LogP contribution in [0.1, 0.15) is 34.6 Å². The molecular formula is C11H22N2O3. The fourth-order valence-corrected chi connectivity index (χ4v) is 1.07. The van der Waals surface area contributed by atoms with Crippen molar-refractivity contribution in [2.24, 2.45) is 16.6 Å². The number of carbonyl (C=O) groups is 2. The number of aliphatic carboxylic acids is 1. The lowest BCUT2D eigenvalue weighted by Gasteiger charge is -2.31. The minimum Gasteiger partial charge on any atom is -0.480 e. The maximum Gasteiger partial charge on any atom is 0.326 e.